The fourth-order valence-electron chi connectivity index (χ4n) is 6.02. The molecule has 0 radical (unpaired) electrons. The molecule has 1 saturated heterocycles. The van der Waals surface area contributed by atoms with Crippen molar-refractivity contribution in [2.75, 3.05) is 6.61 Å². The summed E-state index contributed by atoms with van der Waals surface area (Å²) in [5.74, 6) is -1.42. The number of likely N-dealkylation sites (tertiary alicyclic amines) is 1. The molecular formula is C35H42F4N2O4Si. The number of benzene rings is 3. The van der Waals surface area contributed by atoms with Gasteiger partial charge in [-0.3, -0.25) is 4.79 Å². The summed E-state index contributed by atoms with van der Waals surface area (Å²) in [6, 6.07) is 20.4. The summed E-state index contributed by atoms with van der Waals surface area (Å²) < 4.78 is 68.2. The summed E-state index contributed by atoms with van der Waals surface area (Å²) in [4.78, 5) is 27.9. The highest BCUT2D eigenvalue weighted by molar-refractivity contribution is 6.99. The molecule has 1 fully saturated rings. The van der Waals surface area contributed by atoms with Crippen molar-refractivity contribution in [1.29, 1.82) is 0 Å². The van der Waals surface area contributed by atoms with Gasteiger partial charge in [0.05, 0.1) is 18.2 Å². The molecule has 2 atom stereocenters. The van der Waals surface area contributed by atoms with Crippen LogP contribution in [0.1, 0.15) is 65.5 Å². The van der Waals surface area contributed by atoms with Crippen LogP contribution in [0, 0.1) is 5.82 Å². The topological polar surface area (TPSA) is 67.9 Å². The van der Waals surface area contributed by atoms with Crippen LogP contribution in [0.25, 0.3) is 0 Å². The lowest BCUT2D eigenvalue weighted by molar-refractivity contribution is -0.141. The smallest absolute Gasteiger partial charge is 0.416 e. The number of piperidine rings is 1. The van der Waals surface area contributed by atoms with Crippen LogP contribution in [0.5, 0.6) is 0 Å². The molecule has 3 aromatic rings. The number of rotatable bonds is 8. The van der Waals surface area contributed by atoms with E-state index in [1.54, 1.807) is 20.8 Å². The molecule has 0 unspecified atom stereocenters. The van der Waals surface area contributed by atoms with Gasteiger partial charge in [0.2, 0.25) is 5.91 Å². The first kappa shape index (κ1) is 35.2. The average molecular weight is 659 g/mol. The number of carbonyl (C=O) groups is 2. The monoisotopic (exact) mass is 658 g/mol. The Bertz CT molecular complexity index is 1470. The molecule has 0 saturated carbocycles. The molecule has 3 aromatic carbocycles. The number of amides is 2. The summed E-state index contributed by atoms with van der Waals surface area (Å²) in [5.41, 5.74) is -2.11. The number of ether oxygens (including phenoxy) is 1. The fraction of sp³-hybridized carbons (Fsp3) is 0.429. The zero-order valence-electron chi connectivity index (χ0n) is 27.1. The highest BCUT2D eigenvalue weighted by Crippen LogP contribution is 2.38. The van der Waals surface area contributed by atoms with Gasteiger partial charge in [-0.15, -0.1) is 0 Å². The number of halogens is 4. The predicted octanol–water partition coefficient (Wildman–Crippen LogP) is 6.81. The van der Waals surface area contributed by atoms with Gasteiger partial charge in [0, 0.05) is 12.1 Å². The quantitative estimate of drug-likeness (QED) is 0.214. The number of hydrogen-bond acceptors (Lipinski definition) is 4. The van der Waals surface area contributed by atoms with Gasteiger partial charge >= 0.3 is 12.3 Å². The van der Waals surface area contributed by atoms with Gasteiger partial charge in [0.15, 0.2) is 0 Å². The molecular weight excluding hydrogens is 616 g/mol. The molecule has 248 valence electrons. The number of nitrogens with one attached hydrogen (secondary N) is 1. The van der Waals surface area contributed by atoms with Crippen molar-refractivity contribution < 1.29 is 36.3 Å². The first-order valence-electron chi connectivity index (χ1n) is 15.3. The van der Waals surface area contributed by atoms with Gasteiger partial charge in [-0.25, -0.2) is 9.18 Å². The van der Waals surface area contributed by atoms with E-state index in [4.69, 9.17) is 9.16 Å². The maximum absolute atomic E-state index is 15.0. The molecule has 0 spiro atoms. The van der Waals surface area contributed by atoms with E-state index in [-0.39, 0.29) is 23.6 Å². The number of alkyl carbamates (subject to hydrolysis) is 1. The summed E-state index contributed by atoms with van der Waals surface area (Å²) in [6.45, 7) is 11.0. The summed E-state index contributed by atoms with van der Waals surface area (Å²) in [6.07, 6.45) is -4.89. The van der Waals surface area contributed by atoms with Crippen LogP contribution in [-0.4, -0.2) is 49.5 Å². The van der Waals surface area contributed by atoms with Crippen molar-refractivity contribution in [2.45, 2.75) is 89.8 Å². The Balaban J connectivity index is 1.72. The number of hydrogen-bond donors (Lipinski definition) is 1. The van der Waals surface area contributed by atoms with Crippen molar-refractivity contribution in [2.24, 2.45) is 0 Å². The van der Waals surface area contributed by atoms with Crippen LogP contribution in [0.2, 0.25) is 5.04 Å². The molecule has 11 heteroatoms. The molecule has 1 aliphatic heterocycles. The van der Waals surface area contributed by atoms with Gasteiger partial charge in [0.1, 0.15) is 17.5 Å². The molecule has 0 aliphatic carbocycles. The predicted molar refractivity (Wildman–Crippen MR) is 172 cm³/mol. The summed E-state index contributed by atoms with van der Waals surface area (Å²) in [5, 5.41) is 4.28. The Kier molecular flexibility index (Phi) is 10.4. The van der Waals surface area contributed by atoms with Gasteiger partial charge < -0.3 is 19.4 Å². The highest BCUT2D eigenvalue weighted by atomic mass is 28.4. The molecule has 1 N–H and O–H groups in total. The molecule has 0 aromatic heterocycles. The van der Waals surface area contributed by atoms with E-state index in [0.717, 1.165) is 22.5 Å². The van der Waals surface area contributed by atoms with E-state index in [2.05, 4.69) is 26.1 Å². The van der Waals surface area contributed by atoms with Crippen LogP contribution in [-0.2, 0) is 26.7 Å². The van der Waals surface area contributed by atoms with Crippen molar-refractivity contribution in [1.82, 2.24) is 10.2 Å². The molecule has 1 heterocycles. The minimum atomic E-state index is -4.69. The molecule has 0 bridgehead atoms. The zero-order valence-corrected chi connectivity index (χ0v) is 28.1. The lowest BCUT2D eigenvalue weighted by Crippen LogP contribution is -2.68. The molecule has 6 nitrogen and oxygen atoms in total. The van der Waals surface area contributed by atoms with E-state index in [9.17, 15) is 22.8 Å². The Morgan fingerprint density at radius 1 is 0.891 bits per heavy atom. The molecule has 46 heavy (non-hydrogen) atoms. The summed E-state index contributed by atoms with van der Waals surface area (Å²) in [7, 11) is -3.04. The second kappa shape index (κ2) is 13.6. The third kappa shape index (κ3) is 7.98. The average Bonchev–Trinajstić information content (AvgIpc) is 2.96. The lowest BCUT2D eigenvalue weighted by Gasteiger charge is -2.46. The fourth-order valence-corrected chi connectivity index (χ4v) is 10.6. The van der Waals surface area contributed by atoms with Crippen molar-refractivity contribution >= 4 is 30.7 Å². The van der Waals surface area contributed by atoms with Crippen LogP contribution < -0.4 is 15.7 Å². The first-order valence-corrected chi connectivity index (χ1v) is 17.2. The number of nitrogens with zero attached hydrogens (tertiary/aromatic N) is 1. The summed E-state index contributed by atoms with van der Waals surface area (Å²) >= 11 is 0. The van der Waals surface area contributed by atoms with Crippen LogP contribution >= 0.6 is 0 Å². The van der Waals surface area contributed by atoms with Gasteiger partial charge in [-0.05, 0) is 67.2 Å². The van der Waals surface area contributed by atoms with E-state index >= 15 is 4.39 Å². The standard InChI is InChI=1S/C35H42F4N2O4Si/c1-33(2,3)45-32(43)40-30-20-18-26(41(31(30)42)22-24-21-25(35(37,38)39)17-19-29(24)36)23-44-46(34(4,5)6,27-13-9-7-10-14-27)28-15-11-8-12-16-28/h7-17,19,21,26,30H,18,20,22-23H2,1-6H3,(H,40,43)/t26-,30+/m0/s1. The third-order valence-corrected chi connectivity index (χ3v) is 13.1. The second-order valence-corrected chi connectivity index (χ2v) is 18.0. The third-order valence-electron chi connectivity index (χ3n) is 8.12. The van der Waals surface area contributed by atoms with Crippen molar-refractivity contribution in [3.63, 3.8) is 0 Å². The Hall–Kier alpha value is -3.70. The number of alkyl halides is 3. The van der Waals surface area contributed by atoms with Crippen molar-refractivity contribution in [3.05, 3.63) is 95.8 Å². The largest absolute Gasteiger partial charge is 0.444 e. The highest BCUT2D eigenvalue weighted by Gasteiger charge is 2.51. The molecule has 4 rings (SSSR count). The SMILES string of the molecule is CC(C)(C)OC(=O)N[C@@H]1CC[C@@H](CO[Si](c2ccccc2)(c2ccccc2)C(C)(C)C)N(Cc2cc(C(F)(F)F)ccc2F)C1=O. The lowest BCUT2D eigenvalue weighted by atomic mass is 9.96. The van der Waals surface area contributed by atoms with Crippen LogP contribution in [0.3, 0.4) is 0 Å². The van der Waals surface area contributed by atoms with Crippen LogP contribution in [0.15, 0.2) is 78.9 Å². The maximum atomic E-state index is 15.0. The van der Waals surface area contributed by atoms with Crippen molar-refractivity contribution in [3.8, 4) is 0 Å². The normalized spacial score (nSPS) is 18.0. The van der Waals surface area contributed by atoms with Gasteiger partial charge in [-0.2, -0.15) is 13.2 Å². The molecule has 1 aliphatic rings. The van der Waals surface area contributed by atoms with E-state index in [1.165, 1.54) is 4.90 Å². The Labute approximate surface area is 269 Å². The Morgan fingerprint density at radius 2 is 1.46 bits per heavy atom. The number of carbonyl (C=O) groups excluding carboxylic acids is 2. The van der Waals surface area contributed by atoms with Crippen LogP contribution in [0.4, 0.5) is 22.4 Å². The van der Waals surface area contributed by atoms with E-state index in [1.807, 2.05) is 60.7 Å². The van der Waals surface area contributed by atoms with E-state index in [0.29, 0.717) is 12.5 Å². The minimum absolute atomic E-state index is 0.0543. The van der Waals surface area contributed by atoms with Gasteiger partial charge in [-0.1, -0.05) is 81.4 Å². The zero-order chi connectivity index (χ0) is 33.9. The second-order valence-electron chi connectivity index (χ2n) is 13.7. The maximum Gasteiger partial charge on any atom is 0.416 e. The van der Waals surface area contributed by atoms with E-state index < -0.39 is 62.1 Å². The Morgan fingerprint density at radius 3 is 1.96 bits per heavy atom. The minimum Gasteiger partial charge on any atom is -0.444 e. The molecule has 2 amide bonds. The van der Waals surface area contributed by atoms with Gasteiger partial charge in [0.25, 0.3) is 8.32 Å². The first-order chi connectivity index (χ1) is 21.4.